The van der Waals surface area contributed by atoms with Crippen molar-refractivity contribution in [1.82, 2.24) is 0 Å². The van der Waals surface area contributed by atoms with Gasteiger partial charge in [-0.25, -0.2) is 0 Å². The first-order valence-electron chi connectivity index (χ1n) is 9.01. The monoisotopic (exact) mass is 288 g/mol. The van der Waals surface area contributed by atoms with Crippen LogP contribution in [-0.4, -0.2) is 24.9 Å². The molecule has 2 heteroatoms. The van der Waals surface area contributed by atoms with Crippen LogP contribution in [-0.2, 0) is 4.74 Å². The molecule has 0 atom stereocenters. The van der Waals surface area contributed by atoms with Gasteiger partial charge in [-0.3, -0.25) is 0 Å². The summed E-state index contributed by atoms with van der Waals surface area (Å²) in [5.74, 6) is 0. The molecular formula is C18H40O2. The molecule has 0 spiro atoms. The summed E-state index contributed by atoms with van der Waals surface area (Å²) < 4.78 is 4.83. The van der Waals surface area contributed by atoms with Crippen molar-refractivity contribution in [1.29, 1.82) is 0 Å². The first-order chi connectivity index (χ1) is 9.83. The van der Waals surface area contributed by atoms with Crippen LogP contribution in [0.25, 0.3) is 0 Å². The molecule has 0 saturated heterocycles. The zero-order chi connectivity index (χ0) is 15.3. The molecule has 0 fully saturated rings. The van der Waals surface area contributed by atoms with Gasteiger partial charge in [0.15, 0.2) is 0 Å². The third-order valence-electron chi connectivity index (χ3n) is 3.42. The van der Waals surface area contributed by atoms with Gasteiger partial charge in [0.1, 0.15) is 0 Å². The Kier molecular flexibility index (Phi) is 26.6. The van der Waals surface area contributed by atoms with Crippen LogP contribution in [0.4, 0.5) is 0 Å². The highest BCUT2D eigenvalue weighted by molar-refractivity contribution is 4.47. The standard InChI is InChI=1S/C14H30O.C4H10O/c1-2-3-4-5-6-7-8-9-10-11-12-13-14-15;1-3-5-4-2/h15H,2-14H2,1H3;3-4H2,1-2H3. The van der Waals surface area contributed by atoms with Gasteiger partial charge >= 0.3 is 0 Å². The summed E-state index contributed by atoms with van der Waals surface area (Å²) in [5.41, 5.74) is 0. The zero-order valence-corrected chi connectivity index (χ0v) is 14.5. The first-order valence-corrected chi connectivity index (χ1v) is 9.01. The quantitative estimate of drug-likeness (QED) is 0.414. The van der Waals surface area contributed by atoms with Crippen LogP contribution >= 0.6 is 0 Å². The fourth-order valence-electron chi connectivity index (χ4n) is 2.16. The Morgan fingerprint density at radius 3 is 1.15 bits per heavy atom. The first kappa shape index (κ1) is 22.2. The molecule has 0 aliphatic carbocycles. The number of rotatable bonds is 14. The topological polar surface area (TPSA) is 29.5 Å². The van der Waals surface area contributed by atoms with Crippen molar-refractivity contribution >= 4 is 0 Å². The molecule has 0 amide bonds. The molecule has 0 saturated carbocycles. The molecule has 124 valence electrons. The maximum absolute atomic E-state index is 8.61. The second-order valence-electron chi connectivity index (χ2n) is 5.39. The average molecular weight is 289 g/mol. The van der Waals surface area contributed by atoms with Crippen LogP contribution in [0, 0.1) is 0 Å². The molecule has 0 aliphatic heterocycles. The minimum atomic E-state index is 0.372. The third-order valence-corrected chi connectivity index (χ3v) is 3.42. The third kappa shape index (κ3) is 26.5. The molecule has 0 aliphatic rings. The zero-order valence-electron chi connectivity index (χ0n) is 14.5. The van der Waals surface area contributed by atoms with E-state index in [0.717, 1.165) is 19.6 Å². The molecular weight excluding hydrogens is 248 g/mol. The smallest absolute Gasteiger partial charge is 0.0437 e. The summed E-state index contributed by atoms with van der Waals surface area (Å²) in [5, 5.41) is 8.61. The van der Waals surface area contributed by atoms with E-state index in [1.807, 2.05) is 13.8 Å². The van der Waals surface area contributed by atoms with Gasteiger partial charge in [-0.2, -0.15) is 0 Å². The maximum atomic E-state index is 8.61. The fraction of sp³-hybridized carbons (Fsp3) is 1.00. The van der Waals surface area contributed by atoms with E-state index in [1.54, 1.807) is 0 Å². The van der Waals surface area contributed by atoms with Crippen LogP contribution in [0.5, 0.6) is 0 Å². The summed E-state index contributed by atoms with van der Waals surface area (Å²) in [6, 6.07) is 0. The Morgan fingerprint density at radius 2 is 0.900 bits per heavy atom. The Bertz CT molecular complexity index is 123. The molecule has 0 aromatic rings. The van der Waals surface area contributed by atoms with Gasteiger partial charge in [-0.05, 0) is 20.3 Å². The molecule has 0 radical (unpaired) electrons. The lowest BCUT2D eigenvalue weighted by Gasteiger charge is -2.01. The average Bonchev–Trinajstić information content (AvgIpc) is 2.46. The minimum absolute atomic E-state index is 0.372. The highest BCUT2D eigenvalue weighted by Crippen LogP contribution is 2.11. The van der Waals surface area contributed by atoms with Crippen molar-refractivity contribution in [3.8, 4) is 0 Å². The number of ether oxygens (including phenoxy) is 1. The highest BCUT2D eigenvalue weighted by atomic mass is 16.5. The van der Waals surface area contributed by atoms with E-state index in [-0.39, 0.29) is 0 Å². The Morgan fingerprint density at radius 1 is 0.550 bits per heavy atom. The van der Waals surface area contributed by atoms with Crippen molar-refractivity contribution in [2.75, 3.05) is 19.8 Å². The molecule has 0 unspecified atom stereocenters. The molecule has 20 heavy (non-hydrogen) atoms. The van der Waals surface area contributed by atoms with E-state index in [4.69, 9.17) is 9.84 Å². The predicted molar refractivity (Wildman–Crippen MR) is 90.3 cm³/mol. The van der Waals surface area contributed by atoms with E-state index in [0.29, 0.717) is 6.61 Å². The number of hydrogen-bond acceptors (Lipinski definition) is 2. The summed E-state index contributed by atoms with van der Waals surface area (Å²) in [6.07, 6.45) is 16.2. The maximum Gasteiger partial charge on any atom is 0.0437 e. The van der Waals surface area contributed by atoms with Crippen LogP contribution in [0.2, 0.25) is 0 Å². The molecule has 0 heterocycles. The normalized spacial score (nSPS) is 10.2. The van der Waals surface area contributed by atoms with Gasteiger partial charge in [-0.15, -0.1) is 0 Å². The van der Waals surface area contributed by atoms with Gasteiger partial charge in [0.25, 0.3) is 0 Å². The van der Waals surface area contributed by atoms with E-state index >= 15 is 0 Å². The summed E-state index contributed by atoms with van der Waals surface area (Å²) in [4.78, 5) is 0. The van der Waals surface area contributed by atoms with Crippen LogP contribution in [0.3, 0.4) is 0 Å². The summed E-state index contributed by atoms with van der Waals surface area (Å²) in [7, 11) is 0. The van der Waals surface area contributed by atoms with E-state index < -0.39 is 0 Å². The lowest BCUT2D eigenvalue weighted by molar-refractivity contribution is 0.162. The Labute approximate surface area is 128 Å². The van der Waals surface area contributed by atoms with E-state index in [9.17, 15) is 0 Å². The second kappa shape index (κ2) is 24.0. The summed E-state index contributed by atoms with van der Waals surface area (Å²) in [6.45, 7) is 8.31. The van der Waals surface area contributed by atoms with E-state index in [1.165, 1.54) is 70.6 Å². The lowest BCUT2D eigenvalue weighted by Crippen LogP contribution is -1.84. The van der Waals surface area contributed by atoms with Crippen molar-refractivity contribution in [2.24, 2.45) is 0 Å². The van der Waals surface area contributed by atoms with Crippen LogP contribution < -0.4 is 0 Å². The fourth-order valence-corrected chi connectivity index (χ4v) is 2.16. The molecule has 0 aromatic heterocycles. The number of unbranched alkanes of at least 4 members (excludes halogenated alkanes) is 11. The summed E-state index contributed by atoms with van der Waals surface area (Å²) >= 11 is 0. The van der Waals surface area contributed by atoms with Gasteiger partial charge in [-0.1, -0.05) is 77.6 Å². The second-order valence-corrected chi connectivity index (χ2v) is 5.39. The molecule has 0 bridgehead atoms. The Balaban J connectivity index is 0. The number of aliphatic hydroxyl groups excluding tert-OH is 1. The van der Waals surface area contributed by atoms with Gasteiger partial charge in [0, 0.05) is 19.8 Å². The molecule has 2 nitrogen and oxygen atoms in total. The lowest BCUT2D eigenvalue weighted by atomic mass is 10.1. The van der Waals surface area contributed by atoms with Crippen LogP contribution in [0.15, 0.2) is 0 Å². The van der Waals surface area contributed by atoms with Crippen LogP contribution in [0.1, 0.15) is 97.8 Å². The molecule has 0 rings (SSSR count). The van der Waals surface area contributed by atoms with Crippen molar-refractivity contribution in [2.45, 2.75) is 97.8 Å². The SMILES string of the molecule is CCCCCCCCCCCCCCO.CCOCC. The molecule has 1 N–H and O–H groups in total. The van der Waals surface area contributed by atoms with Crippen molar-refractivity contribution in [3.05, 3.63) is 0 Å². The predicted octanol–water partition coefficient (Wildman–Crippen LogP) is 5.72. The van der Waals surface area contributed by atoms with Gasteiger partial charge < -0.3 is 9.84 Å². The van der Waals surface area contributed by atoms with Gasteiger partial charge in [0.2, 0.25) is 0 Å². The Hall–Kier alpha value is -0.0800. The minimum Gasteiger partial charge on any atom is -0.396 e. The molecule has 0 aromatic carbocycles. The van der Waals surface area contributed by atoms with Crippen molar-refractivity contribution < 1.29 is 9.84 Å². The van der Waals surface area contributed by atoms with E-state index in [2.05, 4.69) is 6.92 Å². The van der Waals surface area contributed by atoms with Gasteiger partial charge in [0.05, 0.1) is 0 Å². The largest absolute Gasteiger partial charge is 0.396 e. The number of hydrogen-bond donors (Lipinski definition) is 1. The highest BCUT2D eigenvalue weighted by Gasteiger charge is 1.92. The number of aliphatic hydroxyl groups is 1. The van der Waals surface area contributed by atoms with Crippen molar-refractivity contribution in [3.63, 3.8) is 0 Å².